The third-order valence-electron chi connectivity index (χ3n) is 2.14. The minimum absolute atomic E-state index is 0. The van der Waals surface area contributed by atoms with Gasteiger partial charge in [-0.3, -0.25) is 4.79 Å². The molecule has 0 saturated heterocycles. The van der Waals surface area contributed by atoms with Gasteiger partial charge in [0, 0.05) is 24.0 Å². The molecule has 0 unspecified atom stereocenters. The molecule has 2 aromatic carbocycles. The van der Waals surface area contributed by atoms with E-state index in [-0.39, 0.29) is 23.0 Å². The van der Waals surface area contributed by atoms with Gasteiger partial charge in [0.1, 0.15) is 0 Å². The molecule has 2 rings (SSSR count). The summed E-state index contributed by atoms with van der Waals surface area (Å²) < 4.78 is 4.77. The molecule has 0 spiro atoms. The average Bonchev–Trinajstić information content (AvgIpc) is 3.04. The van der Waals surface area contributed by atoms with E-state index >= 15 is 0 Å². The predicted molar refractivity (Wildman–Crippen MR) is 74.4 cm³/mol. The SMILES string of the molecule is CC(=O)OCC/C=C/[c-]1cccc1.[Fe].[cH-]1[cH-][cH-][cH-][cH-]1. The fourth-order valence-corrected chi connectivity index (χ4v) is 1.31. The molecule has 2 aromatic rings. The van der Waals surface area contributed by atoms with Crippen LogP contribution in [0.4, 0.5) is 0 Å². The van der Waals surface area contributed by atoms with Crippen molar-refractivity contribution >= 4 is 12.0 Å². The van der Waals surface area contributed by atoms with Crippen molar-refractivity contribution < 1.29 is 26.6 Å². The summed E-state index contributed by atoms with van der Waals surface area (Å²) in [6.45, 7) is 1.88. The Morgan fingerprint density at radius 2 is 1.68 bits per heavy atom. The molecule has 0 atom stereocenters. The summed E-state index contributed by atoms with van der Waals surface area (Å²) in [7, 11) is 0. The smallest absolute Gasteiger partial charge is 0.302 e. The molecule has 2 nitrogen and oxygen atoms in total. The van der Waals surface area contributed by atoms with Crippen molar-refractivity contribution in [3.8, 4) is 0 Å². The molecule has 0 heterocycles. The van der Waals surface area contributed by atoms with Crippen LogP contribution < -0.4 is 0 Å². The van der Waals surface area contributed by atoms with E-state index in [1.807, 2.05) is 66.7 Å². The first-order valence-electron chi connectivity index (χ1n) is 5.97. The van der Waals surface area contributed by atoms with Gasteiger partial charge in [0.15, 0.2) is 0 Å². The molecule has 0 aliphatic rings. The minimum Gasteiger partial charge on any atom is -0.748 e. The second kappa shape index (κ2) is 11.5. The quantitative estimate of drug-likeness (QED) is 0.372. The van der Waals surface area contributed by atoms with Gasteiger partial charge in [0.05, 0.1) is 6.61 Å². The number of carbonyl (C=O) groups is 1. The predicted octanol–water partition coefficient (Wildman–Crippen LogP) is 3.77. The van der Waals surface area contributed by atoms with E-state index in [4.69, 9.17) is 4.74 Å². The van der Waals surface area contributed by atoms with Crippen molar-refractivity contribution in [2.24, 2.45) is 0 Å². The maximum atomic E-state index is 10.4. The number of ether oxygens (including phenoxy) is 1. The monoisotopic (exact) mass is 298 g/mol. The van der Waals surface area contributed by atoms with Crippen LogP contribution in [0.3, 0.4) is 0 Å². The van der Waals surface area contributed by atoms with Crippen LogP contribution in [0, 0.1) is 0 Å². The zero-order valence-corrected chi connectivity index (χ0v) is 12.0. The van der Waals surface area contributed by atoms with E-state index < -0.39 is 0 Å². The first-order chi connectivity index (χ1) is 8.79. The van der Waals surface area contributed by atoms with E-state index in [0.29, 0.717) is 6.61 Å². The second-order valence-electron chi connectivity index (χ2n) is 3.71. The van der Waals surface area contributed by atoms with Gasteiger partial charge in [0.25, 0.3) is 0 Å². The minimum atomic E-state index is -0.221. The summed E-state index contributed by atoms with van der Waals surface area (Å²) in [5.74, 6) is -0.221. The van der Waals surface area contributed by atoms with Crippen LogP contribution in [0.1, 0.15) is 18.9 Å². The number of hydrogen-bond acceptors (Lipinski definition) is 2. The largest absolute Gasteiger partial charge is 0.748 e. The van der Waals surface area contributed by atoms with Crippen molar-refractivity contribution in [1.29, 1.82) is 0 Å². The van der Waals surface area contributed by atoms with E-state index in [1.165, 1.54) is 12.5 Å². The molecule has 0 radical (unpaired) electrons. The Morgan fingerprint density at radius 3 is 2.16 bits per heavy atom. The fraction of sp³-hybridized carbons (Fsp3) is 0.188. The first-order valence-corrected chi connectivity index (χ1v) is 5.97. The molecular formula is C16H18FeO2-6. The van der Waals surface area contributed by atoms with Crippen molar-refractivity contribution in [2.75, 3.05) is 6.61 Å². The van der Waals surface area contributed by atoms with Gasteiger partial charge in [-0.2, -0.15) is 18.2 Å². The second-order valence-corrected chi connectivity index (χ2v) is 3.71. The number of esters is 1. The van der Waals surface area contributed by atoms with Crippen LogP contribution in [0.25, 0.3) is 6.08 Å². The Morgan fingerprint density at radius 1 is 1.16 bits per heavy atom. The van der Waals surface area contributed by atoms with Gasteiger partial charge in [-0.25, -0.2) is 0 Å². The topological polar surface area (TPSA) is 26.3 Å². The molecule has 0 fully saturated rings. The molecule has 0 aliphatic carbocycles. The third kappa shape index (κ3) is 10.1. The van der Waals surface area contributed by atoms with Crippen LogP contribution in [0.5, 0.6) is 0 Å². The van der Waals surface area contributed by atoms with Gasteiger partial charge in [-0.05, 0) is 6.42 Å². The Bertz CT molecular complexity index is 410. The number of hydrogen-bond donors (Lipinski definition) is 0. The number of carbonyl (C=O) groups excluding carboxylic acids is 1. The van der Waals surface area contributed by atoms with Gasteiger partial charge >= 0.3 is 5.97 Å². The Labute approximate surface area is 125 Å². The molecule has 0 bridgehead atoms. The van der Waals surface area contributed by atoms with Crippen LogP contribution in [-0.4, -0.2) is 12.6 Å². The summed E-state index contributed by atoms with van der Waals surface area (Å²) in [5, 5.41) is 0. The zero-order chi connectivity index (χ0) is 13.1. The summed E-state index contributed by atoms with van der Waals surface area (Å²) in [4.78, 5) is 10.4. The van der Waals surface area contributed by atoms with Gasteiger partial charge in [-0.15, -0.1) is 23.8 Å². The molecule has 0 N–H and O–H groups in total. The Balaban J connectivity index is 0.000000454. The Hall–Kier alpha value is -1.57. The van der Waals surface area contributed by atoms with E-state index in [9.17, 15) is 4.79 Å². The van der Waals surface area contributed by atoms with Crippen molar-refractivity contribution in [2.45, 2.75) is 13.3 Å². The van der Waals surface area contributed by atoms with Gasteiger partial charge < -0.3 is 35.1 Å². The van der Waals surface area contributed by atoms with Crippen molar-refractivity contribution in [3.05, 3.63) is 66.2 Å². The molecule has 19 heavy (non-hydrogen) atoms. The van der Waals surface area contributed by atoms with Gasteiger partial charge in [0.2, 0.25) is 0 Å². The summed E-state index contributed by atoms with van der Waals surface area (Å²) in [6.07, 6.45) is 4.78. The van der Waals surface area contributed by atoms with Crippen LogP contribution in [0.15, 0.2) is 60.7 Å². The normalized spacial score (nSPS) is 9.32. The summed E-state index contributed by atoms with van der Waals surface area (Å²) >= 11 is 0. The average molecular weight is 298 g/mol. The molecule has 3 heteroatoms. The zero-order valence-electron chi connectivity index (χ0n) is 10.9. The van der Waals surface area contributed by atoms with Crippen molar-refractivity contribution in [1.82, 2.24) is 0 Å². The molecule has 0 aliphatic heterocycles. The summed E-state index contributed by atoms with van der Waals surface area (Å²) in [5.41, 5.74) is 1.18. The van der Waals surface area contributed by atoms with Crippen LogP contribution >= 0.6 is 0 Å². The first kappa shape index (κ1) is 17.4. The number of rotatable bonds is 4. The maximum Gasteiger partial charge on any atom is 0.302 e. The van der Waals surface area contributed by atoms with E-state index in [2.05, 4.69) is 0 Å². The molecular weight excluding hydrogens is 280 g/mol. The van der Waals surface area contributed by atoms with Crippen LogP contribution in [-0.2, 0) is 26.6 Å². The molecule has 0 amide bonds. The van der Waals surface area contributed by atoms with Gasteiger partial charge in [-0.1, -0.05) is 0 Å². The summed E-state index contributed by atoms with van der Waals surface area (Å²) in [6, 6.07) is 18.0. The molecule has 0 aromatic heterocycles. The van der Waals surface area contributed by atoms with E-state index in [0.717, 1.165) is 6.42 Å². The Kier molecular flexibility index (Phi) is 10.6. The third-order valence-corrected chi connectivity index (χ3v) is 2.14. The molecule has 108 valence electrons. The maximum absolute atomic E-state index is 10.4. The molecule has 0 saturated carbocycles. The van der Waals surface area contributed by atoms with E-state index in [1.54, 1.807) is 0 Å². The standard InChI is InChI=1S/C11H13O2.C5H5.Fe/c1-10(12)13-9-5-4-8-11-6-2-3-7-11;1-2-4-5-3-1;/h2-4,6-8H,5,9H2,1H3;1-5H;/q-1;-5;/b8-4+;;. The van der Waals surface area contributed by atoms with Crippen LogP contribution in [0.2, 0.25) is 0 Å². The van der Waals surface area contributed by atoms with Crippen molar-refractivity contribution in [3.63, 3.8) is 0 Å². The fourth-order valence-electron chi connectivity index (χ4n) is 1.31.